The van der Waals surface area contributed by atoms with Crippen molar-refractivity contribution >= 4 is 5.91 Å². The van der Waals surface area contributed by atoms with Crippen molar-refractivity contribution in [2.45, 2.75) is 6.92 Å². The zero-order chi connectivity index (χ0) is 7.11. The minimum atomic E-state index is -0.545. The van der Waals surface area contributed by atoms with Gasteiger partial charge in [0.1, 0.15) is 6.67 Å². The fraction of sp³-hybridized carbons (Fsp3) is 0.500. The molecule has 9 heavy (non-hydrogen) atoms. The first-order valence-corrected chi connectivity index (χ1v) is 2.57. The van der Waals surface area contributed by atoms with Crippen LogP contribution in [0.3, 0.4) is 0 Å². The molecule has 0 saturated carbocycles. The van der Waals surface area contributed by atoms with Crippen molar-refractivity contribution in [1.29, 1.82) is 0 Å². The molecule has 0 aromatic carbocycles. The Balaban J connectivity index is 3.35. The van der Waals surface area contributed by atoms with Gasteiger partial charge in [-0.15, -0.1) is 0 Å². The van der Waals surface area contributed by atoms with E-state index in [1.165, 1.54) is 0 Å². The lowest BCUT2D eigenvalue weighted by molar-refractivity contribution is -0.115. The highest BCUT2D eigenvalue weighted by Crippen LogP contribution is 1.64. The lowest BCUT2D eigenvalue weighted by Crippen LogP contribution is -2.23. The standard InChI is InChI=1S/C6H8FNO/c1-2-3-6(9)8-5-4-7/h4-5H2,1H3,(H,8,9). The molecule has 0 aromatic rings. The van der Waals surface area contributed by atoms with Crippen LogP contribution in [0.15, 0.2) is 0 Å². The van der Waals surface area contributed by atoms with Crippen LogP contribution in [0.2, 0.25) is 0 Å². The molecule has 2 nitrogen and oxygen atoms in total. The Bertz CT molecular complexity index is 145. The van der Waals surface area contributed by atoms with Gasteiger partial charge in [-0.2, -0.15) is 0 Å². The first kappa shape index (κ1) is 7.96. The maximum atomic E-state index is 11.3. The molecule has 1 N–H and O–H groups in total. The van der Waals surface area contributed by atoms with Gasteiger partial charge in [-0.05, 0) is 12.8 Å². The molecule has 0 bridgehead atoms. The van der Waals surface area contributed by atoms with Crippen molar-refractivity contribution in [1.82, 2.24) is 5.32 Å². The number of carbonyl (C=O) groups excluding carboxylic acids is 1. The number of halogens is 1. The molecular formula is C6H8FNO. The maximum absolute atomic E-state index is 11.3. The summed E-state index contributed by atoms with van der Waals surface area (Å²) in [5, 5.41) is 2.25. The van der Waals surface area contributed by atoms with Crippen LogP contribution in [0.4, 0.5) is 4.39 Å². The second kappa shape index (κ2) is 5.10. The van der Waals surface area contributed by atoms with E-state index >= 15 is 0 Å². The average Bonchev–Trinajstić information content (AvgIpc) is 1.85. The summed E-state index contributed by atoms with van der Waals surface area (Å²) in [6.45, 7) is 1.06. The number of nitrogens with one attached hydrogen (secondary N) is 1. The van der Waals surface area contributed by atoms with Crippen LogP contribution in [0.25, 0.3) is 0 Å². The summed E-state index contributed by atoms with van der Waals surface area (Å²) in [5.74, 6) is 4.18. The Hall–Kier alpha value is -1.04. The smallest absolute Gasteiger partial charge is 0.295 e. The van der Waals surface area contributed by atoms with Gasteiger partial charge in [-0.3, -0.25) is 4.79 Å². The molecular weight excluding hydrogens is 121 g/mol. The Kier molecular flexibility index (Phi) is 4.51. The van der Waals surface area contributed by atoms with Crippen LogP contribution in [-0.4, -0.2) is 19.1 Å². The zero-order valence-electron chi connectivity index (χ0n) is 5.20. The van der Waals surface area contributed by atoms with Crippen molar-refractivity contribution in [3.05, 3.63) is 0 Å². The van der Waals surface area contributed by atoms with E-state index in [0.29, 0.717) is 0 Å². The lowest BCUT2D eigenvalue weighted by atomic mass is 10.5. The van der Waals surface area contributed by atoms with E-state index in [9.17, 15) is 9.18 Å². The van der Waals surface area contributed by atoms with Crippen molar-refractivity contribution in [2.75, 3.05) is 13.2 Å². The number of hydrogen-bond acceptors (Lipinski definition) is 1. The molecule has 3 heteroatoms. The molecule has 0 radical (unpaired) electrons. The van der Waals surface area contributed by atoms with E-state index in [4.69, 9.17) is 0 Å². The summed E-state index contributed by atoms with van der Waals surface area (Å²) < 4.78 is 11.3. The molecule has 0 aromatic heterocycles. The van der Waals surface area contributed by atoms with Gasteiger partial charge in [0.2, 0.25) is 0 Å². The Morgan fingerprint density at radius 1 is 1.78 bits per heavy atom. The van der Waals surface area contributed by atoms with Gasteiger partial charge in [-0.25, -0.2) is 4.39 Å². The van der Waals surface area contributed by atoms with E-state index in [1.54, 1.807) is 6.92 Å². The van der Waals surface area contributed by atoms with E-state index in [-0.39, 0.29) is 6.54 Å². The fourth-order valence-electron chi connectivity index (χ4n) is 0.319. The predicted molar refractivity (Wildman–Crippen MR) is 32.4 cm³/mol. The molecule has 0 spiro atoms. The van der Waals surface area contributed by atoms with Gasteiger partial charge < -0.3 is 5.32 Å². The van der Waals surface area contributed by atoms with Crippen LogP contribution >= 0.6 is 0 Å². The molecule has 0 atom stereocenters. The number of carbonyl (C=O) groups is 1. The molecule has 0 rings (SSSR count). The van der Waals surface area contributed by atoms with E-state index in [0.717, 1.165) is 0 Å². The van der Waals surface area contributed by atoms with Crippen molar-refractivity contribution in [3.8, 4) is 11.8 Å². The molecule has 1 amide bonds. The molecule has 0 aliphatic carbocycles. The number of rotatable bonds is 2. The topological polar surface area (TPSA) is 29.1 Å². The monoisotopic (exact) mass is 129 g/mol. The SMILES string of the molecule is CC#CC(=O)NCCF. The summed E-state index contributed by atoms with van der Waals surface area (Å²) in [6, 6.07) is 0. The lowest BCUT2D eigenvalue weighted by Gasteiger charge is -1.91. The molecule has 0 fully saturated rings. The van der Waals surface area contributed by atoms with E-state index < -0.39 is 12.6 Å². The van der Waals surface area contributed by atoms with Gasteiger partial charge in [0, 0.05) is 6.54 Å². The van der Waals surface area contributed by atoms with E-state index in [2.05, 4.69) is 17.2 Å². The minimum Gasteiger partial charge on any atom is -0.343 e. The largest absolute Gasteiger partial charge is 0.343 e. The maximum Gasteiger partial charge on any atom is 0.295 e. The molecule has 0 unspecified atom stereocenters. The summed E-state index contributed by atoms with van der Waals surface area (Å²) in [4.78, 5) is 10.4. The fourth-order valence-corrected chi connectivity index (χ4v) is 0.319. The second-order valence-electron chi connectivity index (χ2n) is 1.32. The third-order valence-corrected chi connectivity index (χ3v) is 0.619. The van der Waals surface area contributed by atoms with E-state index in [1.807, 2.05) is 0 Å². The minimum absolute atomic E-state index is 0.0491. The first-order valence-electron chi connectivity index (χ1n) is 2.57. The third-order valence-electron chi connectivity index (χ3n) is 0.619. The Morgan fingerprint density at radius 3 is 2.89 bits per heavy atom. The molecule has 0 aliphatic heterocycles. The number of amides is 1. The number of hydrogen-bond donors (Lipinski definition) is 1. The van der Waals surface area contributed by atoms with Crippen LogP contribution < -0.4 is 5.32 Å². The number of alkyl halides is 1. The summed E-state index contributed by atoms with van der Waals surface area (Å²) in [7, 11) is 0. The van der Waals surface area contributed by atoms with Crippen LogP contribution in [0.1, 0.15) is 6.92 Å². The second-order valence-corrected chi connectivity index (χ2v) is 1.32. The average molecular weight is 129 g/mol. The Labute approximate surface area is 53.4 Å². The zero-order valence-corrected chi connectivity index (χ0v) is 5.20. The van der Waals surface area contributed by atoms with Crippen molar-refractivity contribution < 1.29 is 9.18 Å². The highest BCUT2D eigenvalue weighted by Gasteiger charge is 1.89. The van der Waals surface area contributed by atoms with Crippen LogP contribution in [0.5, 0.6) is 0 Å². The highest BCUT2D eigenvalue weighted by atomic mass is 19.1. The molecule has 0 heterocycles. The van der Waals surface area contributed by atoms with Gasteiger partial charge in [0.25, 0.3) is 5.91 Å². The van der Waals surface area contributed by atoms with Crippen LogP contribution in [0, 0.1) is 11.8 Å². The third kappa shape index (κ3) is 4.82. The van der Waals surface area contributed by atoms with Crippen LogP contribution in [-0.2, 0) is 4.79 Å². The Morgan fingerprint density at radius 2 is 2.44 bits per heavy atom. The summed E-state index contributed by atoms with van der Waals surface area (Å²) in [6.07, 6.45) is 0. The molecule has 0 aliphatic rings. The van der Waals surface area contributed by atoms with Gasteiger partial charge in [0.15, 0.2) is 0 Å². The van der Waals surface area contributed by atoms with Gasteiger partial charge >= 0.3 is 0 Å². The van der Waals surface area contributed by atoms with Gasteiger partial charge in [-0.1, -0.05) is 5.92 Å². The highest BCUT2D eigenvalue weighted by molar-refractivity contribution is 5.93. The quantitative estimate of drug-likeness (QED) is 0.526. The summed E-state index contributed by atoms with van der Waals surface area (Å²) in [5.41, 5.74) is 0. The van der Waals surface area contributed by atoms with Crippen molar-refractivity contribution in [2.24, 2.45) is 0 Å². The van der Waals surface area contributed by atoms with Gasteiger partial charge in [0.05, 0.1) is 0 Å². The molecule has 0 saturated heterocycles. The first-order chi connectivity index (χ1) is 4.31. The summed E-state index contributed by atoms with van der Waals surface area (Å²) >= 11 is 0. The molecule has 50 valence electrons. The predicted octanol–water partition coefficient (Wildman–Crippen LogP) is 0.0954. The normalized spacial score (nSPS) is 7.33. The van der Waals surface area contributed by atoms with Crippen molar-refractivity contribution in [3.63, 3.8) is 0 Å².